The van der Waals surface area contributed by atoms with E-state index in [2.05, 4.69) is 27.0 Å². The Labute approximate surface area is 148 Å². The highest BCUT2D eigenvalue weighted by Gasteiger charge is 2.25. The molecule has 0 spiro atoms. The number of hydrogen-bond donors (Lipinski definition) is 0. The maximum atomic E-state index is 5.97. The van der Waals surface area contributed by atoms with Gasteiger partial charge in [0.05, 0.1) is 12.3 Å². The lowest BCUT2D eigenvalue weighted by Gasteiger charge is -2.33. The molecule has 1 saturated heterocycles. The SMILES string of the molecule is Cc1cc(C2CN(CC3=Cc4ccccc4OC3)CCO2)nc(C)n1. The van der Waals surface area contributed by atoms with Gasteiger partial charge in [-0.3, -0.25) is 4.90 Å². The number of aromatic nitrogens is 2. The third kappa shape index (κ3) is 3.72. The van der Waals surface area contributed by atoms with Gasteiger partial charge in [0.2, 0.25) is 0 Å². The molecule has 25 heavy (non-hydrogen) atoms. The Bertz CT molecular complexity index is 783. The number of nitrogens with zero attached hydrogens (tertiary/aromatic N) is 3. The van der Waals surface area contributed by atoms with Gasteiger partial charge < -0.3 is 9.47 Å². The van der Waals surface area contributed by atoms with E-state index in [4.69, 9.17) is 9.47 Å². The smallest absolute Gasteiger partial charge is 0.127 e. The van der Waals surface area contributed by atoms with Crippen LogP contribution < -0.4 is 4.74 Å². The van der Waals surface area contributed by atoms with Crippen LogP contribution in [0.5, 0.6) is 5.75 Å². The van der Waals surface area contributed by atoms with Gasteiger partial charge in [0.1, 0.15) is 24.3 Å². The molecule has 1 unspecified atom stereocenters. The van der Waals surface area contributed by atoms with Gasteiger partial charge >= 0.3 is 0 Å². The molecule has 0 N–H and O–H groups in total. The van der Waals surface area contributed by atoms with Crippen molar-refractivity contribution >= 4 is 6.08 Å². The summed E-state index contributed by atoms with van der Waals surface area (Å²) in [4.78, 5) is 11.3. The number of fused-ring (bicyclic) bond motifs is 1. The second-order valence-electron chi connectivity index (χ2n) is 6.71. The molecule has 3 heterocycles. The second kappa shape index (κ2) is 6.94. The molecular weight excluding hydrogens is 314 g/mol. The van der Waals surface area contributed by atoms with Gasteiger partial charge in [0, 0.05) is 30.9 Å². The molecule has 0 amide bonds. The van der Waals surface area contributed by atoms with Crippen LogP contribution in [-0.2, 0) is 4.74 Å². The number of rotatable bonds is 3. The Balaban J connectivity index is 1.46. The van der Waals surface area contributed by atoms with Crippen LogP contribution >= 0.6 is 0 Å². The minimum absolute atomic E-state index is 0.00606. The van der Waals surface area contributed by atoms with Crippen LogP contribution in [0.1, 0.15) is 28.9 Å². The lowest BCUT2D eigenvalue weighted by molar-refractivity contribution is -0.0295. The van der Waals surface area contributed by atoms with Crippen LogP contribution in [0.4, 0.5) is 0 Å². The van der Waals surface area contributed by atoms with Crippen molar-refractivity contribution in [2.75, 3.05) is 32.8 Å². The van der Waals surface area contributed by atoms with Crippen LogP contribution in [0.2, 0.25) is 0 Å². The summed E-state index contributed by atoms with van der Waals surface area (Å²) in [5, 5.41) is 0. The largest absolute Gasteiger partial charge is 0.489 e. The van der Waals surface area contributed by atoms with Crippen molar-refractivity contribution in [3.8, 4) is 5.75 Å². The van der Waals surface area contributed by atoms with Gasteiger partial charge in [-0.1, -0.05) is 18.2 Å². The molecule has 5 heteroatoms. The number of para-hydroxylation sites is 1. The van der Waals surface area contributed by atoms with Gasteiger partial charge in [0.25, 0.3) is 0 Å². The van der Waals surface area contributed by atoms with Crippen LogP contribution in [-0.4, -0.2) is 47.7 Å². The van der Waals surface area contributed by atoms with E-state index < -0.39 is 0 Å². The van der Waals surface area contributed by atoms with Crippen molar-refractivity contribution in [2.24, 2.45) is 0 Å². The monoisotopic (exact) mass is 337 g/mol. The summed E-state index contributed by atoms with van der Waals surface area (Å²) in [6, 6.07) is 10.2. The molecule has 1 aromatic heterocycles. The van der Waals surface area contributed by atoms with E-state index in [0.717, 1.165) is 54.8 Å². The lowest BCUT2D eigenvalue weighted by Crippen LogP contribution is -2.40. The highest BCUT2D eigenvalue weighted by Crippen LogP contribution is 2.27. The van der Waals surface area contributed by atoms with E-state index >= 15 is 0 Å². The van der Waals surface area contributed by atoms with E-state index in [-0.39, 0.29) is 6.10 Å². The van der Waals surface area contributed by atoms with Gasteiger partial charge in [0.15, 0.2) is 0 Å². The summed E-state index contributed by atoms with van der Waals surface area (Å²) < 4.78 is 11.8. The molecule has 0 saturated carbocycles. The molecule has 5 nitrogen and oxygen atoms in total. The fraction of sp³-hybridized carbons (Fsp3) is 0.400. The molecule has 0 radical (unpaired) electrons. The third-order valence-electron chi connectivity index (χ3n) is 4.58. The average molecular weight is 337 g/mol. The highest BCUT2D eigenvalue weighted by atomic mass is 16.5. The zero-order valence-electron chi connectivity index (χ0n) is 14.7. The first-order valence-corrected chi connectivity index (χ1v) is 8.75. The van der Waals surface area contributed by atoms with E-state index in [1.807, 2.05) is 38.1 Å². The van der Waals surface area contributed by atoms with Crippen LogP contribution in [0.3, 0.4) is 0 Å². The molecule has 2 aromatic rings. The van der Waals surface area contributed by atoms with Crippen molar-refractivity contribution in [3.05, 3.63) is 58.7 Å². The topological polar surface area (TPSA) is 47.5 Å². The van der Waals surface area contributed by atoms with E-state index in [9.17, 15) is 0 Å². The Hall–Kier alpha value is -2.24. The molecule has 1 atom stereocenters. The molecule has 0 bridgehead atoms. The minimum atomic E-state index is 0.00606. The maximum Gasteiger partial charge on any atom is 0.127 e. The van der Waals surface area contributed by atoms with E-state index in [0.29, 0.717) is 6.61 Å². The van der Waals surface area contributed by atoms with Gasteiger partial charge in [-0.2, -0.15) is 0 Å². The average Bonchev–Trinajstić information content (AvgIpc) is 2.61. The molecule has 2 aliphatic rings. The molecule has 1 aromatic carbocycles. The van der Waals surface area contributed by atoms with Crippen molar-refractivity contribution in [2.45, 2.75) is 20.0 Å². The fourth-order valence-electron chi connectivity index (χ4n) is 3.48. The summed E-state index contributed by atoms with van der Waals surface area (Å²) in [6.07, 6.45) is 2.26. The van der Waals surface area contributed by atoms with Crippen LogP contribution in [0.25, 0.3) is 6.08 Å². The first kappa shape index (κ1) is 16.2. The number of hydrogen-bond acceptors (Lipinski definition) is 5. The molecule has 2 aliphatic heterocycles. The molecule has 1 fully saturated rings. The van der Waals surface area contributed by atoms with E-state index in [1.165, 1.54) is 5.57 Å². The first-order chi connectivity index (χ1) is 12.2. The number of ether oxygens (including phenoxy) is 2. The standard InChI is InChI=1S/C20H23N3O2/c1-14-9-18(22-15(2)21-14)20-12-23(7-8-24-20)11-16-10-17-5-3-4-6-19(17)25-13-16/h3-6,9-10,20H,7-8,11-13H2,1-2H3. The Morgan fingerprint density at radius 1 is 1.20 bits per heavy atom. The summed E-state index contributed by atoms with van der Waals surface area (Å²) in [6.45, 7) is 7.98. The Morgan fingerprint density at radius 2 is 2.08 bits per heavy atom. The normalized spacial score (nSPS) is 20.6. The summed E-state index contributed by atoms with van der Waals surface area (Å²) in [7, 11) is 0. The van der Waals surface area contributed by atoms with Gasteiger partial charge in [-0.15, -0.1) is 0 Å². The van der Waals surface area contributed by atoms with Gasteiger partial charge in [-0.05, 0) is 37.6 Å². The zero-order chi connectivity index (χ0) is 17.2. The van der Waals surface area contributed by atoms with Gasteiger partial charge in [-0.25, -0.2) is 9.97 Å². The minimum Gasteiger partial charge on any atom is -0.489 e. The Kier molecular flexibility index (Phi) is 4.51. The predicted octanol–water partition coefficient (Wildman–Crippen LogP) is 2.94. The number of morpholine rings is 1. The van der Waals surface area contributed by atoms with E-state index in [1.54, 1.807) is 0 Å². The third-order valence-corrected chi connectivity index (χ3v) is 4.58. The van der Waals surface area contributed by atoms with Crippen molar-refractivity contribution in [1.29, 1.82) is 0 Å². The number of aryl methyl sites for hydroxylation is 2. The summed E-state index contributed by atoms with van der Waals surface area (Å²) in [5.41, 5.74) is 4.43. The number of benzene rings is 1. The lowest BCUT2D eigenvalue weighted by atomic mass is 10.1. The molecule has 4 rings (SSSR count). The molecule has 130 valence electrons. The zero-order valence-corrected chi connectivity index (χ0v) is 14.7. The highest BCUT2D eigenvalue weighted by molar-refractivity contribution is 5.62. The van der Waals surface area contributed by atoms with Crippen LogP contribution in [0, 0.1) is 13.8 Å². The van der Waals surface area contributed by atoms with Crippen molar-refractivity contribution in [3.63, 3.8) is 0 Å². The summed E-state index contributed by atoms with van der Waals surface area (Å²) >= 11 is 0. The maximum absolute atomic E-state index is 5.97. The van der Waals surface area contributed by atoms with Crippen molar-refractivity contribution in [1.82, 2.24) is 14.9 Å². The second-order valence-corrected chi connectivity index (χ2v) is 6.71. The first-order valence-electron chi connectivity index (χ1n) is 8.75. The Morgan fingerprint density at radius 3 is 2.96 bits per heavy atom. The van der Waals surface area contributed by atoms with Crippen LogP contribution in [0.15, 0.2) is 35.9 Å². The summed E-state index contributed by atoms with van der Waals surface area (Å²) in [5.74, 6) is 1.77. The molecular formula is C20H23N3O2. The quantitative estimate of drug-likeness (QED) is 0.862. The fourth-order valence-corrected chi connectivity index (χ4v) is 3.48. The van der Waals surface area contributed by atoms with Crippen molar-refractivity contribution < 1.29 is 9.47 Å². The molecule has 0 aliphatic carbocycles. The predicted molar refractivity (Wildman–Crippen MR) is 96.6 cm³/mol.